The Labute approximate surface area is 73.8 Å². The monoisotopic (exact) mass is 167 g/mol. The molecule has 1 aliphatic rings. The molecule has 1 unspecified atom stereocenters. The molecule has 3 nitrogen and oxygen atoms in total. The highest BCUT2D eigenvalue weighted by molar-refractivity contribution is 5.98. The zero-order valence-electron chi connectivity index (χ0n) is 7.85. The van der Waals surface area contributed by atoms with E-state index in [0.29, 0.717) is 17.7 Å². The van der Waals surface area contributed by atoms with Crippen molar-refractivity contribution in [3.8, 4) is 0 Å². The van der Waals surface area contributed by atoms with Crippen molar-refractivity contribution in [1.29, 1.82) is 10.8 Å². The molecule has 0 amide bonds. The minimum absolute atomic E-state index is 0.360. The Morgan fingerprint density at radius 1 is 1.67 bits per heavy atom. The first kappa shape index (κ1) is 9.23. The Balaban J connectivity index is 2.69. The highest BCUT2D eigenvalue weighted by Gasteiger charge is 2.23. The maximum atomic E-state index is 7.70. The molecule has 0 aromatic heterocycles. The molecular formula is C9H17N3. The van der Waals surface area contributed by atoms with E-state index < -0.39 is 0 Å². The van der Waals surface area contributed by atoms with E-state index in [1.54, 1.807) is 0 Å². The van der Waals surface area contributed by atoms with Crippen molar-refractivity contribution in [2.75, 3.05) is 0 Å². The predicted molar refractivity (Wildman–Crippen MR) is 50.9 cm³/mol. The standard InChI is InChI=1S/C9H17N3/c1-3-8(10)12-7(2)5-4-6-9(12)11/h7,10-11H,3-6H2,1-2H3. The van der Waals surface area contributed by atoms with Gasteiger partial charge in [0.15, 0.2) is 0 Å². The van der Waals surface area contributed by atoms with Gasteiger partial charge in [0.1, 0.15) is 11.7 Å². The number of hydrogen-bond donors (Lipinski definition) is 2. The van der Waals surface area contributed by atoms with Crippen LogP contribution in [0.4, 0.5) is 0 Å². The van der Waals surface area contributed by atoms with Gasteiger partial charge in [0.05, 0.1) is 0 Å². The lowest BCUT2D eigenvalue weighted by Gasteiger charge is -2.35. The Kier molecular flexibility index (Phi) is 2.84. The van der Waals surface area contributed by atoms with Crippen LogP contribution in [-0.4, -0.2) is 22.6 Å². The highest BCUT2D eigenvalue weighted by Crippen LogP contribution is 2.18. The molecule has 0 aliphatic carbocycles. The van der Waals surface area contributed by atoms with Crippen LogP contribution < -0.4 is 0 Å². The third-order valence-electron chi connectivity index (χ3n) is 2.39. The zero-order chi connectivity index (χ0) is 9.14. The van der Waals surface area contributed by atoms with Gasteiger partial charge in [-0.3, -0.25) is 10.8 Å². The van der Waals surface area contributed by atoms with E-state index in [1.165, 1.54) is 0 Å². The second-order valence-corrected chi connectivity index (χ2v) is 3.36. The SMILES string of the molecule is CCC(=N)N1C(=N)CCCC1C. The Bertz CT molecular complexity index is 190. The molecule has 0 spiro atoms. The van der Waals surface area contributed by atoms with Crippen LogP contribution in [0.15, 0.2) is 0 Å². The van der Waals surface area contributed by atoms with Gasteiger partial charge in [0.25, 0.3) is 0 Å². The van der Waals surface area contributed by atoms with Crippen molar-refractivity contribution in [1.82, 2.24) is 4.90 Å². The zero-order valence-corrected chi connectivity index (χ0v) is 7.85. The van der Waals surface area contributed by atoms with Crippen molar-refractivity contribution in [3.63, 3.8) is 0 Å². The summed E-state index contributed by atoms with van der Waals surface area (Å²) in [7, 11) is 0. The number of rotatable bonds is 1. The van der Waals surface area contributed by atoms with Crippen LogP contribution in [-0.2, 0) is 0 Å². The molecule has 3 heteroatoms. The fourth-order valence-corrected chi connectivity index (χ4v) is 1.68. The third kappa shape index (κ3) is 1.65. The van der Waals surface area contributed by atoms with Gasteiger partial charge in [-0.25, -0.2) is 0 Å². The summed E-state index contributed by atoms with van der Waals surface area (Å²) in [6.07, 6.45) is 3.79. The molecule has 12 heavy (non-hydrogen) atoms. The Morgan fingerprint density at radius 2 is 2.33 bits per heavy atom. The van der Waals surface area contributed by atoms with Crippen LogP contribution in [0, 0.1) is 10.8 Å². The molecule has 0 saturated carbocycles. The van der Waals surface area contributed by atoms with Crippen molar-refractivity contribution in [3.05, 3.63) is 0 Å². The number of nitrogens with zero attached hydrogens (tertiary/aromatic N) is 1. The maximum Gasteiger partial charge on any atom is 0.101 e. The Morgan fingerprint density at radius 3 is 2.83 bits per heavy atom. The van der Waals surface area contributed by atoms with Crippen molar-refractivity contribution in [2.24, 2.45) is 0 Å². The number of amidine groups is 2. The minimum atomic E-state index is 0.360. The van der Waals surface area contributed by atoms with Crippen LogP contribution >= 0.6 is 0 Å². The lowest BCUT2D eigenvalue weighted by Crippen LogP contribution is -2.45. The van der Waals surface area contributed by atoms with E-state index in [9.17, 15) is 0 Å². The Hall–Kier alpha value is -0.860. The molecule has 68 valence electrons. The summed E-state index contributed by atoms with van der Waals surface area (Å²) in [5, 5.41) is 15.4. The highest BCUT2D eigenvalue weighted by atomic mass is 15.2. The molecule has 0 aromatic rings. The molecule has 1 aliphatic heterocycles. The van der Waals surface area contributed by atoms with Gasteiger partial charge in [-0.2, -0.15) is 0 Å². The van der Waals surface area contributed by atoms with Gasteiger partial charge in [0.2, 0.25) is 0 Å². The van der Waals surface area contributed by atoms with E-state index in [2.05, 4.69) is 6.92 Å². The first-order valence-corrected chi connectivity index (χ1v) is 4.61. The predicted octanol–water partition coefficient (Wildman–Crippen LogP) is 2.23. The largest absolute Gasteiger partial charge is 0.316 e. The van der Waals surface area contributed by atoms with Crippen LogP contribution in [0.3, 0.4) is 0 Å². The lowest BCUT2D eigenvalue weighted by molar-refractivity contribution is 0.379. The van der Waals surface area contributed by atoms with Crippen LogP contribution in [0.25, 0.3) is 0 Å². The van der Waals surface area contributed by atoms with Crippen LogP contribution in [0.5, 0.6) is 0 Å². The molecule has 1 fully saturated rings. The molecule has 0 bridgehead atoms. The summed E-state index contributed by atoms with van der Waals surface area (Å²) in [5.74, 6) is 1.22. The van der Waals surface area contributed by atoms with Crippen LogP contribution in [0.2, 0.25) is 0 Å². The fraction of sp³-hybridized carbons (Fsp3) is 0.778. The number of likely N-dealkylation sites (tertiary alicyclic amines) is 1. The summed E-state index contributed by atoms with van der Waals surface area (Å²) >= 11 is 0. The topological polar surface area (TPSA) is 50.9 Å². The molecule has 1 atom stereocenters. The molecule has 1 saturated heterocycles. The normalized spacial score (nSPS) is 24.3. The van der Waals surface area contributed by atoms with Crippen molar-refractivity contribution >= 4 is 11.7 Å². The van der Waals surface area contributed by atoms with Gasteiger partial charge >= 0.3 is 0 Å². The van der Waals surface area contributed by atoms with Gasteiger partial charge < -0.3 is 4.90 Å². The van der Waals surface area contributed by atoms with E-state index >= 15 is 0 Å². The molecule has 0 aromatic carbocycles. The average Bonchev–Trinajstić information content (AvgIpc) is 2.03. The molecule has 2 N–H and O–H groups in total. The summed E-state index contributed by atoms with van der Waals surface area (Å²) in [6.45, 7) is 4.06. The van der Waals surface area contributed by atoms with Crippen molar-refractivity contribution in [2.45, 2.75) is 45.6 Å². The number of nitrogens with one attached hydrogen (secondary N) is 2. The summed E-state index contributed by atoms with van der Waals surface area (Å²) in [5.41, 5.74) is 0. The van der Waals surface area contributed by atoms with Gasteiger partial charge in [0, 0.05) is 18.9 Å². The quantitative estimate of drug-likeness (QED) is 0.456. The number of hydrogen-bond acceptors (Lipinski definition) is 2. The second kappa shape index (κ2) is 3.70. The van der Waals surface area contributed by atoms with Gasteiger partial charge in [-0.05, 0) is 19.8 Å². The maximum absolute atomic E-state index is 7.70. The van der Waals surface area contributed by atoms with E-state index in [-0.39, 0.29) is 0 Å². The fourth-order valence-electron chi connectivity index (χ4n) is 1.68. The minimum Gasteiger partial charge on any atom is -0.316 e. The molecular weight excluding hydrogens is 150 g/mol. The van der Waals surface area contributed by atoms with Crippen molar-refractivity contribution < 1.29 is 0 Å². The molecule has 1 heterocycles. The van der Waals surface area contributed by atoms with E-state index in [1.807, 2.05) is 11.8 Å². The molecule has 0 radical (unpaired) electrons. The summed E-state index contributed by atoms with van der Waals surface area (Å²) in [4.78, 5) is 1.86. The van der Waals surface area contributed by atoms with E-state index in [0.717, 1.165) is 25.7 Å². The van der Waals surface area contributed by atoms with E-state index in [4.69, 9.17) is 10.8 Å². The smallest absolute Gasteiger partial charge is 0.101 e. The first-order valence-electron chi connectivity index (χ1n) is 4.61. The van der Waals surface area contributed by atoms with Gasteiger partial charge in [-0.1, -0.05) is 6.92 Å². The number of piperidine rings is 1. The lowest BCUT2D eigenvalue weighted by atomic mass is 10.0. The van der Waals surface area contributed by atoms with Crippen LogP contribution in [0.1, 0.15) is 39.5 Å². The third-order valence-corrected chi connectivity index (χ3v) is 2.39. The molecule has 1 rings (SSSR count). The first-order chi connectivity index (χ1) is 5.66. The van der Waals surface area contributed by atoms with Gasteiger partial charge in [-0.15, -0.1) is 0 Å². The average molecular weight is 167 g/mol. The summed E-state index contributed by atoms with van der Waals surface area (Å²) < 4.78 is 0. The summed E-state index contributed by atoms with van der Waals surface area (Å²) in [6, 6.07) is 0.360. The second-order valence-electron chi connectivity index (χ2n) is 3.36.